The molecular weight excluding hydrogens is 404 g/mol. The van der Waals surface area contributed by atoms with Gasteiger partial charge in [-0.05, 0) is 60.9 Å². The maximum Gasteiger partial charge on any atom is 0.239 e. The Kier molecular flexibility index (Phi) is 6.70. The van der Waals surface area contributed by atoms with Gasteiger partial charge in [-0.3, -0.25) is 9.59 Å². The van der Waals surface area contributed by atoms with Crippen LogP contribution in [0, 0.1) is 5.92 Å². The van der Waals surface area contributed by atoms with Crippen molar-refractivity contribution in [1.29, 1.82) is 0 Å². The predicted octanol–water partition coefficient (Wildman–Crippen LogP) is 4.20. The number of amides is 2. The number of hydrogen-bond acceptors (Lipinski definition) is 4. The Morgan fingerprint density at radius 1 is 0.969 bits per heavy atom. The van der Waals surface area contributed by atoms with Crippen molar-refractivity contribution in [2.24, 2.45) is 5.92 Å². The normalized spacial score (nSPS) is 15.5. The van der Waals surface area contributed by atoms with Gasteiger partial charge in [0.25, 0.3) is 0 Å². The molecule has 164 valence electrons. The van der Waals surface area contributed by atoms with Gasteiger partial charge in [0, 0.05) is 18.8 Å². The summed E-state index contributed by atoms with van der Waals surface area (Å²) in [4.78, 5) is 27.2. The second-order valence-corrected chi connectivity index (χ2v) is 7.59. The van der Waals surface area contributed by atoms with E-state index in [9.17, 15) is 9.59 Å². The van der Waals surface area contributed by atoms with E-state index in [2.05, 4.69) is 5.32 Å². The fourth-order valence-electron chi connectivity index (χ4n) is 3.85. The van der Waals surface area contributed by atoms with Gasteiger partial charge in [0.05, 0.1) is 7.11 Å². The van der Waals surface area contributed by atoms with E-state index in [-0.39, 0.29) is 11.8 Å². The number of nitrogens with zero attached hydrogens (tertiary/aromatic N) is 1. The van der Waals surface area contributed by atoms with E-state index in [0.29, 0.717) is 31.7 Å². The van der Waals surface area contributed by atoms with Crippen molar-refractivity contribution in [2.75, 3.05) is 25.1 Å². The number of nitrogens with one attached hydrogen (secondary N) is 1. The molecule has 0 bridgehead atoms. The van der Waals surface area contributed by atoms with Crippen LogP contribution in [0.3, 0.4) is 0 Å². The van der Waals surface area contributed by atoms with Gasteiger partial charge < -0.3 is 19.7 Å². The number of para-hydroxylation sites is 2. The minimum Gasteiger partial charge on any atom is -0.496 e. The fraction of sp³-hybridized carbons (Fsp3) is 0.231. The van der Waals surface area contributed by atoms with Crippen molar-refractivity contribution in [3.05, 3.63) is 84.4 Å². The fourth-order valence-corrected chi connectivity index (χ4v) is 3.85. The Labute approximate surface area is 187 Å². The zero-order valence-corrected chi connectivity index (χ0v) is 18.0. The predicted molar refractivity (Wildman–Crippen MR) is 123 cm³/mol. The summed E-state index contributed by atoms with van der Waals surface area (Å²) in [6.07, 6.45) is 1.14. The van der Waals surface area contributed by atoms with Crippen LogP contribution in [-0.2, 0) is 16.0 Å². The van der Waals surface area contributed by atoms with Crippen molar-refractivity contribution in [3.63, 3.8) is 0 Å². The molecule has 1 aliphatic heterocycles. The smallest absolute Gasteiger partial charge is 0.239 e. The number of ether oxygens (including phenoxy) is 2. The van der Waals surface area contributed by atoms with E-state index < -0.39 is 5.92 Å². The molecule has 3 aromatic rings. The second-order valence-electron chi connectivity index (χ2n) is 7.59. The van der Waals surface area contributed by atoms with E-state index in [0.717, 1.165) is 22.7 Å². The van der Waals surface area contributed by atoms with Crippen molar-refractivity contribution >= 4 is 17.5 Å². The lowest BCUT2D eigenvalue weighted by Crippen LogP contribution is -2.37. The largest absolute Gasteiger partial charge is 0.496 e. The molecule has 3 aromatic carbocycles. The number of carbonyl (C=O) groups excluding carboxylic acids is 2. The summed E-state index contributed by atoms with van der Waals surface area (Å²) in [6, 6.07) is 24.6. The Balaban J connectivity index is 1.31. The molecule has 1 atom stereocenters. The van der Waals surface area contributed by atoms with Crippen molar-refractivity contribution in [1.82, 2.24) is 5.32 Å². The molecule has 2 amide bonds. The lowest BCUT2D eigenvalue weighted by atomic mass is 10.1. The number of hydrogen-bond donors (Lipinski definition) is 1. The molecule has 1 unspecified atom stereocenters. The van der Waals surface area contributed by atoms with Gasteiger partial charge >= 0.3 is 0 Å². The van der Waals surface area contributed by atoms with E-state index >= 15 is 0 Å². The van der Waals surface area contributed by atoms with Crippen LogP contribution in [0.15, 0.2) is 78.9 Å². The van der Waals surface area contributed by atoms with Gasteiger partial charge in [-0.2, -0.15) is 0 Å². The van der Waals surface area contributed by atoms with Crippen LogP contribution in [0.4, 0.5) is 5.69 Å². The van der Waals surface area contributed by atoms with Crippen molar-refractivity contribution < 1.29 is 19.1 Å². The zero-order chi connectivity index (χ0) is 22.3. The molecule has 4 rings (SSSR count). The third kappa shape index (κ3) is 4.91. The van der Waals surface area contributed by atoms with Crippen molar-refractivity contribution in [2.45, 2.75) is 12.8 Å². The maximum atomic E-state index is 12.9. The summed E-state index contributed by atoms with van der Waals surface area (Å²) in [5.41, 5.74) is 1.78. The number of methoxy groups -OCH3 is 1. The van der Waals surface area contributed by atoms with Gasteiger partial charge in [0.1, 0.15) is 23.2 Å². The number of rotatable bonds is 8. The minimum atomic E-state index is -0.659. The zero-order valence-electron chi connectivity index (χ0n) is 18.0. The lowest BCUT2D eigenvalue weighted by Gasteiger charge is -2.17. The molecule has 0 aromatic heterocycles. The Hall–Kier alpha value is -3.80. The Morgan fingerprint density at radius 2 is 1.66 bits per heavy atom. The summed E-state index contributed by atoms with van der Waals surface area (Å²) >= 11 is 0. The molecule has 1 saturated heterocycles. The van der Waals surface area contributed by atoms with Crippen LogP contribution in [0.25, 0.3) is 0 Å². The van der Waals surface area contributed by atoms with Crippen LogP contribution < -0.4 is 19.7 Å². The van der Waals surface area contributed by atoms with Gasteiger partial charge in [-0.15, -0.1) is 0 Å². The molecule has 0 aliphatic carbocycles. The van der Waals surface area contributed by atoms with Crippen molar-refractivity contribution in [3.8, 4) is 17.2 Å². The van der Waals surface area contributed by atoms with Gasteiger partial charge in [0.2, 0.25) is 11.8 Å². The SMILES string of the molecule is COc1ccccc1CCNC(=O)C1CCN(c2ccc(Oc3ccccc3)cc2)C1=O. The molecule has 0 spiro atoms. The molecule has 1 fully saturated rings. The second kappa shape index (κ2) is 10.0. The summed E-state index contributed by atoms with van der Waals surface area (Å²) in [5.74, 6) is 1.19. The van der Waals surface area contributed by atoms with Crippen LogP contribution in [-0.4, -0.2) is 32.0 Å². The summed E-state index contributed by atoms with van der Waals surface area (Å²) in [7, 11) is 1.63. The highest BCUT2D eigenvalue weighted by Gasteiger charge is 2.37. The molecule has 6 heteroatoms. The van der Waals surface area contributed by atoms with E-state index in [1.54, 1.807) is 12.0 Å². The minimum absolute atomic E-state index is 0.170. The molecule has 1 N–H and O–H groups in total. The molecule has 0 saturated carbocycles. The molecule has 1 heterocycles. The highest BCUT2D eigenvalue weighted by molar-refractivity contribution is 6.09. The van der Waals surface area contributed by atoms with Crippen LogP contribution in [0.5, 0.6) is 17.2 Å². The first-order chi connectivity index (χ1) is 15.7. The van der Waals surface area contributed by atoms with Crippen LogP contribution >= 0.6 is 0 Å². The highest BCUT2D eigenvalue weighted by atomic mass is 16.5. The first-order valence-electron chi connectivity index (χ1n) is 10.7. The lowest BCUT2D eigenvalue weighted by molar-refractivity contribution is -0.132. The molecule has 1 aliphatic rings. The molecular formula is C26H26N2O4. The molecule has 0 radical (unpaired) electrons. The standard InChI is InChI=1S/C26H26N2O4/c1-31-24-10-6-5-7-19(24)15-17-27-25(29)23-16-18-28(26(23)30)20-11-13-22(14-12-20)32-21-8-3-2-4-9-21/h2-14,23H,15-18H2,1H3,(H,27,29). The number of benzene rings is 3. The molecule has 6 nitrogen and oxygen atoms in total. The first kappa shape index (κ1) is 21.4. The summed E-state index contributed by atoms with van der Waals surface area (Å²) < 4.78 is 11.1. The third-order valence-electron chi connectivity index (χ3n) is 5.54. The monoisotopic (exact) mass is 430 g/mol. The third-order valence-corrected chi connectivity index (χ3v) is 5.54. The molecule has 32 heavy (non-hydrogen) atoms. The quantitative estimate of drug-likeness (QED) is 0.544. The average Bonchev–Trinajstić information content (AvgIpc) is 3.22. The first-order valence-corrected chi connectivity index (χ1v) is 10.7. The van der Waals surface area contributed by atoms with Crippen LogP contribution in [0.2, 0.25) is 0 Å². The Morgan fingerprint density at radius 3 is 2.41 bits per heavy atom. The summed E-state index contributed by atoms with van der Waals surface area (Å²) in [6.45, 7) is 0.969. The van der Waals surface area contributed by atoms with Gasteiger partial charge in [-0.1, -0.05) is 36.4 Å². The summed E-state index contributed by atoms with van der Waals surface area (Å²) in [5, 5.41) is 2.90. The maximum absolute atomic E-state index is 12.9. The topological polar surface area (TPSA) is 67.9 Å². The highest BCUT2D eigenvalue weighted by Crippen LogP contribution is 2.29. The number of carbonyl (C=O) groups is 2. The van der Waals surface area contributed by atoms with Gasteiger partial charge in [-0.25, -0.2) is 0 Å². The van der Waals surface area contributed by atoms with E-state index in [4.69, 9.17) is 9.47 Å². The average molecular weight is 431 g/mol. The van der Waals surface area contributed by atoms with E-state index in [1.165, 1.54) is 0 Å². The van der Waals surface area contributed by atoms with E-state index in [1.807, 2.05) is 78.9 Å². The Bertz CT molecular complexity index is 1070. The van der Waals surface area contributed by atoms with Crippen LogP contribution in [0.1, 0.15) is 12.0 Å². The van der Waals surface area contributed by atoms with Gasteiger partial charge in [0.15, 0.2) is 0 Å². The number of anilines is 1.